The number of aromatic nitrogens is 6. The Hall–Kier alpha value is -6.40. The number of methoxy groups -OCH3 is 2. The fraction of sp³-hybridized carbons (Fsp3) is 0.333. The summed E-state index contributed by atoms with van der Waals surface area (Å²) < 4.78 is 9.61. The van der Waals surface area contributed by atoms with Crippen LogP contribution in [-0.2, 0) is 31.9 Å². The van der Waals surface area contributed by atoms with Crippen molar-refractivity contribution in [3.8, 4) is 33.6 Å². The van der Waals surface area contributed by atoms with Crippen LogP contribution in [0.3, 0.4) is 0 Å². The van der Waals surface area contributed by atoms with E-state index in [0.717, 1.165) is 70.7 Å². The van der Waals surface area contributed by atoms with Gasteiger partial charge in [-0.05, 0) is 47.9 Å². The van der Waals surface area contributed by atoms with E-state index in [0.29, 0.717) is 24.7 Å². The minimum absolute atomic E-state index is 0.201. The Balaban J connectivity index is 0.912. The van der Waals surface area contributed by atoms with Crippen LogP contribution in [0.5, 0.6) is 0 Å². The van der Waals surface area contributed by atoms with Crippen LogP contribution in [0.15, 0.2) is 82.7 Å². The van der Waals surface area contributed by atoms with E-state index in [9.17, 15) is 19.2 Å². The summed E-state index contributed by atoms with van der Waals surface area (Å²) in [6.45, 7) is 1.11. The third-order valence-electron chi connectivity index (χ3n) is 11.0. The predicted octanol–water partition coefficient (Wildman–Crippen LogP) is 6.31. The van der Waals surface area contributed by atoms with Gasteiger partial charge in [-0.3, -0.25) is 9.59 Å². The number of thiazole rings is 2. The molecule has 6 aromatic rings. The summed E-state index contributed by atoms with van der Waals surface area (Å²) in [6.07, 6.45) is 5.91. The van der Waals surface area contributed by atoms with Gasteiger partial charge in [0.15, 0.2) is 0 Å². The molecular weight excluding hydrogens is 805 g/mol. The molecule has 4 N–H and O–H groups in total. The van der Waals surface area contributed by atoms with Gasteiger partial charge in [-0.2, -0.15) is 0 Å². The Morgan fingerprint density at radius 1 is 0.650 bits per heavy atom. The number of benzene rings is 2. The number of likely N-dealkylation sites (tertiary alicyclic amines) is 2. The second-order valence-electron chi connectivity index (χ2n) is 14.6. The lowest BCUT2D eigenvalue weighted by Gasteiger charge is -2.28. The summed E-state index contributed by atoms with van der Waals surface area (Å²) in [5, 5.41) is 9.12. The molecule has 2 aliphatic heterocycles. The zero-order valence-corrected chi connectivity index (χ0v) is 34.6. The van der Waals surface area contributed by atoms with Crippen molar-refractivity contribution < 1.29 is 28.7 Å². The molecule has 2 aromatic carbocycles. The maximum Gasteiger partial charge on any atom is 0.407 e. The second-order valence-corrected chi connectivity index (χ2v) is 16.1. The fourth-order valence-electron chi connectivity index (χ4n) is 7.92. The molecule has 8 rings (SSSR count). The summed E-state index contributed by atoms with van der Waals surface area (Å²) in [5.74, 6) is 0.990. The first kappa shape index (κ1) is 40.4. The molecule has 0 spiro atoms. The van der Waals surface area contributed by atoms with Crippen molar-refractivity contribution >= 4 is 46.7 Å². The molecule has 18 heteroatoms. The number of carbonyl (C=O) groups is 4. The fourth-order valence-corrected chi connectivity index (χ4v) is 9.06. The Kier molecular flexibility index (Phi) is 12.3. The van der Waals surface area contributed by atoms with Crippen molar-refractivity contribution in [3.63, 3.8) is 0 Å². The summed E-state index contributed by atoms with van der Waals surface area (Å²) in [4.78, 5) is 80.4. The highest BCUT2D eigenvalue weighted by molar-refractivity contribution is 7.07. The first-order valence-electron chi connectivity index (χ1n) is 19.6. The molecule has 4 atom stereocenters. The predicted molar refractivity (Wildman–Crippen MR) is 225 cm³/mol. The molecule has 2 aliphatic rings. The van der Waals surface area contributed by atoms with Gasteiger partial charge in [0.2, 0.25) is 11.8 Å². The van der Waals surface area contributed by atoms with E-state index in [1.807, 2.05) is 35.0 Å². The van der Waals surface area contributed by atoms with Crippen LogP contribution < -0.4 is 10.6 Å². The molecule has 0 radical (unpaired) electrons. The molecule has 1 unspecified atom stereocenters. The highest BCUT2D eigenvalue weighted by Gasteiger charge is 2.38. The van der Waals surface area contributed by atoms with Crippen LogP contribution in [0.1, 0.15) is 60.8 Å². The van der Waals surface area contributed by atoms with Gasteiger partial charge in [-0.1, -0.05) is 48.5 Å². The van der Waals surface area contributed by atoms with E-state index in [1.54, 1.807) is 33.2 Å². The van der Waals surface area contributed by atoms with Crippen LogP contribution in [0.25, 0.3) is 33.6 Å². The zero-order valence-electron chi connectivity index (χ0n) is 33.0. The van der Waals surface area contributed by atoms with E-state index in [1.165, 1.54) is 36.9 Å². The standard InChI is InChI=1S/C42H44N10O6S2/c1-57-41(55)49-31(17-29-21-59-23-45-29)39(53)51-15-3-5-35(51)37-43-19-33(47-37)27-11-7-25(8-12-27)26-9-13-28(14-10-26)34-20-44-38(48-34)36-6-4-16-52(36)40(54)32(50-42(56)58-2)18-30-22-60-24-46-30/h7-14,19-24,31-32,35-36H,3-6,15-18H2,1-2H3,(H,43,47)(H,44,48)(H,49,55)(H,50,56)/t31-,32?,35-,36-/m0/s1. The third kappa shape index (κ3) is 8.93. The Labute approximate surface area is 353 Å². The van der Waals surface area contributed by atoms with Crippen LogP contribution in [0.2, 0.25) is 0 Å². The van der Waals surface area contributed by atoms with Crippen molar-refractivity contribution in [1.82, 2.24) is 50.3 Å². The number of imidazole rings is 2. The lowest BCUT2D eigenvalue weighted by Crippen LogP contribution is -2.49. The molecule has 60 heavy (non-hydrogen) atoms. The van der Waals surface area contributed by atoms with Gasteiger partial charge >= 0.3 is 12.2 Å². The molecule has 0 bridgehead atoms. The number of aromatic amines is 2. The van der Waals surface area contributed by atoms with Crippen molar-refractivity contribution in [2.24, 2.45) is 0 Å². The van der Waals surface area contributed by atoms with Gasteiger partial charge in [0.1, 0.15) is 23.7 Å². The van der Waals surface area contributed by atoms with E-state index >= 15 is 0 Å². The Morgan fingerprint density at radius 3 is 1.42 bits per heavy atom. The maximum atomic E-state index is 13.8. The second kappa shape index (κ2) is 18.3. The number of rotatable bonds is 13. The summed E-state index contributed by atoms with van der Waals surface area (Å²) in [5.41, 5.74) is 10.5. The van der Waals surface area contributed by atoms with Gasteiger partial charge in [0.05, 0.1) is 72.5 Å². The topological polar surface area (TPSA) is 200 Å². The van der Waals surface area contributed by atoms with Gasteiger partial charge < -0.3 is 39.9 Å². The van der Waals surface area contributed by atoms with E-state index in [2.05, 4.69) is 54.8 Å². The number of alkyl carbamates (subject to hydrolysis) is 2. The average Bonchev–Trinajstić information content (AvgIpc) is 4.12. The number of nitrogens with one attached hydrogen (secondary N) is 4. The highest BCUT2D eigenvalue weighted by atomic mass is 32.1. The molecular formula is C42H44N10O6S2. The first-order chi connectivity index (χ1) is 29.3. The quantitative estimate of drug-likeness (QED) is 0.102. The molecule has 310 valence electrons. The largest absolute Gasteiger partial charge is 0.453 e. The molecule has 16 nitrogen and oxygen atoms in total. The number of carbonyl (C=O) groups excluding carboxylic acids is 4. The van der Waals surface area contributed by atoms with Crippen LogP contribution in [0, 0.1) is 0 Å². The molecule has 6 heterocycles. The van der Waals surface area contributed by atoms with Crippen molar-refractivity contribution in [2.75, 3.05) is 27.3 Å². The van der Waals surface area contributed by atoms with Gasteiger partial charge in [-0.15, -0.1) is 22.7 Å². The number of hydrogen-bond donors (Lipinski definition) is 4. The van der Waals surface area contributed by atoms with E-state index < -0.39 is 24.3 Å². The number of H-pyrrole nitrogens is 2. The number of hydrogen-bond acceptors (Lipinski definition) is 12. The molecule has 2 fully saturated rings. The minimum Gasteiger partial charge on any atom is -0.453 e. The number of ether oxygens (including phenoxy) is 2. The zero-order chi connectivity index (χ0) is 41.6. The summed E-state index contributed by atoms with van der Waals surface area (Å²) in [6, 6.07) is 14.3. The first-order valence-corrected chi connectivity index (χ1v) is 21.5. The molecule has 0 aliphatic carbocycles. The van der Waals surface area contributed by atoms with Crippen LogP contribution in [-0.4, -0.2) is 103 Å². The van der Waals surface area contributed by atoms with E-state index in [-0.39, 0.29) is 36.7 Å². The SMILES string of the molecule is COC(=O)NC(Cc1cscn1)C(=O)N1CCC[C@H]1c1ncc(-c2ccc(-c3ccc(-c4cnc([C@@H]5CCCN5C(=O)[C@H](Cc5cscn5)NC(=O)OC)[nH]4)cc3)cc2)[nH]1. The van der Waals surface area contributed by atoms with Gasteiger partial charge in [-0.25, -0.2) is 29.5 Å². The smallest absolute Gasteiger partial charge is 0.407 e. The average molecular weight is 849 g/mol. The van der Waals surface area contributed by atoms with Crippen LogP contribution in [0.4, 0.5) is 9.59 Å². The lowest BCUT2D eigenvalue weighted by atomic mass is 10.0. The monoisotopic (exact) mass is 848 g/mol. The van der Waals surface area contributed by atoms with Gasteiger partial charge in [0.25, 0.3) is 0 Å². The number of nitrogens with zero attached hydrogens (tertiary/aromatic N) is 6. The highest BCUT2D eigenvalue weighted by Crippen LogP contribution is 2.35. The third-order valence-corrected chi connectivity index (χ3v) is 12.2. The maximum absolute atomic E-state index is 13.8. The Morgan fingerprint density at radius 2 is 1.05 bits per heavy atom. The molecule has 4 aromatic heterocycles. The van der Waals surface area contributed by atoms with Gasteiger partial charge in [0, 0.05) is 36.7 Å². The molecule has 2 saturated heterocycles. The van der Waals surface area contributed by atoms with Crippen molar-refractivity contribution in [3.05, 3.63) is 106 Å². The number of amides is 4. The molecule has 4 amide bonds. The summed E-state index contributed by atoms with van der Waals surface area (Å²) in [7, 11) is 2.55. The Bertz CT molecular complexity index is 2230. The summed E-state index contributed by atoms with van der Waals surface area (Å²) >= 11 is 2.87. The van der Waals surface area contributed by atoms with Crippen molar-refractivity contribution in [1.29, 1.82) is 0 Å². The van der Waals surface area contributed by atoms with Crippen LogP contribution >= 0.6 is 22.7 Å². The normalized spacial score (nSPS) is 17.3. The lowest BCUT2D eigenvalue weighted by molar-refractivity contribution is -0.135. The van der Waals surface area contributed by atoms with E-state index in [4.69, 9.17) is 19.4 Å². The van der Waals surface area contributed by atoms with Crippen molar-refractivity contribution in [2.45, 2.75) is 62.7 Å². The molecule has 0 saturated carbocycles. The minimum atomic E-state index is -0.814.